The van der Waals surface area contributed by atoms with Crippen molar-refractivity contribution in [2.75, 3.05) is 6.61 Å². The molecule has 0 amide bonds. The molecule has 0 spiro atoms. The Morgan fingerprint density at radius 3 is 2.20 bits per heavy atom. The smallest absolute Gasteiger partial charge is 0.320 e. The van der Waals surface area contributed by atoms with Gasteiger partial charge in [0.25, 0.3) is 0 Å². The number of nitrogens with two attached hydrogens (primary N) is 1. The van der Waals surface area contributed by atoms with E-state index in [0.29, 0.717) is 0 Å². The van der Waals surface area contributed by atoms with E-state index in [1.54, 1.807) is 13.8 Å². The normalized spacial score (nSPS) is 11.9. The van der Waals surface area contributed by atoms with Crippen LogP contribution in [0, 0.1) is 5.92 Å². The summed E-state index contributed by atoms with van der Waals surface area (Å²) in [7, 11) is 2.25. The van der Waals surface area contributed by atoms with E-state index in [0.717, 1.165) is 6.61 Å². The predicted octanol–water partition coefficient (Wildman–Crippen LogP) is 2.04. The monoisotopic (exact) mass is 237 g/mol. The summed E-state index contributed by atoms with van der Waals surface area (Å²) in [6.45, 7) is 6.62. The molecule has 2 atom stereocenters. The SMILES string of the molecule is CC(C)[C@H](N)C(=O)O.CCCCCOP. The molecule has 0 radical (unpaired) electrons. The third-order valence-electron chi connectivity index (χ3n) is 1.87. The van der Waals surface area contributed by atoms with Crippen LogP contribution in [0.15, 0.2) is 0 Å². The summed E-state index contributed by atoms with van der Waals surface area (Å²) < 4.78 is 4.76. The fraction of sp³-hybridized carbons (Fsp3) is 0.900. The molecule has 0 rings (SSSR count). The quantitative estimate of drug-likeness (QED) is 0.547. The lowest BCUT2D eigenvalue weighted by atomic mass is 10.1. The molecule has 0 saturated carbocycles. The number of aliphatic carboxylic acids is 1. The van der Waals surface area contributed by atoms with Gasteiger partial charge in [0.05, 0.1) is 6.61 Å². The minimum atomic E-state index is -0.931. The summed E-state index contributed by atoms with van der Waals surface area (Å²) in [5, 5.41) is 8.23. The summed E-state index contributed by atoms with van der Waals surface area (Å²) in [5.41, 5.74) is 5.16. The Kier molecular flexibility index (Phi) is 13.7. The molecule has 0 aromatic heterocycles. The first-order valence-electron chi connectivity index (χ1n) is 5.27. The third kappa shape index (κ3) is 13.8. The summed E-state index contributed by atoms with van der Waals surface area (Å²) >= 11 is 0. The van der Waals surface area contributed by atoms with Crippen molar-refractivity contribution in [2.24, 2.45) is 11.7 Å². The van der Waals surface area contributed by atoms with Gasteiger partial charge >= 0.3 is 5.97 Å². The molecule has 3 N–H and O–H groups in total. The molecule has 0 aliphatic rings. The van der Waals surface area contributed by atoms with Gasteiger partial charge in [0, 0.05) is 9.47 Å². The molecule has 1 unspecified atom stereocenters. The van der Waals surface area contributed by atoms with Crippen LogP contribution in [0.2, 0.25) is 0 Å². The number of unbranched alkanes of at least 4 members (excludes halogenated alkanes) is 2. The Bertz CT molecular complexity index is 150. The van der Waals surface area contributed by atoms with Gasteiger partial charge in [0.1, 0.15) is 6.04 Å². The number of hydrogen-bond acceptors (Lipinski definition) is 3. The second-order valence-corrected chi connectivity index (χ2v) is 4.02. The molecule has 0 aliphatic heterocycles. The Balaban J connectivity index is 0. The molecule has 0 heterocycles. The third-order valence-corrected chi connectivity index (χ3v) is 2.10. The Morgan fingerprint density at radius 1 is 1.47 bits per heavy atom. The lowest BCUT2D eigenvalue weighted by molar-refractivity contribution is -0.139. The van der Waals surface area contributed by atoms with E-state index < -0.39 is 12.0 Å². The second kappa shape index (κ2) is 11.9. The van der Waals surface area contributed by atoms with Crippen LogP contribution >= 0.6 is 9.47 Å². The summed E-state index contributed by atoms with van der Waals surface area (Å²) in [6, 6.07) is -0.713. The highest BCUT2D eigenvalue weighted by molar-refractivity contribution is 7.09. The zero-order valence-corrected chi connectivity index (χ0v) is 11.1. The number of carbonyl (C=O) groups is 1. The van der Waals surface area contributed by atoms with E-state index in [4.69, 9.17) is 15.4 Å². The van der Waals surface area contributed by atoms with Gasteiger partial charge < -0.3 is 15.4 Å². The van der Waals surface area contributed by atoms with Crippen LogP contribution < -0.4 is 5.73 Å². The van der Waals surface area contributed by atoms with Gasteiger partial charge in [0.2, 0.25) is 0 Å². The van der Waals surface area contributed by atoms with Crippen molar-refractivity contribution < 1.29 is 14.4 Å². The molecule has 0 bridgehead atoms. The Labute approximate surface area is 94.9 Å². The maximum absolute atomic E-state index is 10.0. The molecule has 0 aliphatic carbocycles. The van der Waals surface area contributed by atoms with E-state index in [1.165, 1.54) is 19.3 Å². The molecule has 15 heavy (non-hydrogen) atoms. The van der Waals surface area contributed by atoms with Crippen molar-refractivity contribution in [3.05, 3.63) is 0 Å². The largest absolute Gasteiger partial charge is 0.480 e. The van der Waals surface area contributed by atoms with Crippen molar-refractivity contribution in [1.29, 1.82) is 0 Å². The summed E-state index contributed by atoms with van der Waals surface area (Å²) in [5.74, 6) is -0.910. The highest BCUT2D eigenvalue weighted by Crippen LogP contribution is 1.96. The molecule has 5 heteroatoms. The molecule has 0 aromatic carbocycles. The molecule has 92 valence electrons. The van der Waals surface area contributed by atoms with Crippen LogP contribution in [0.1, 0.15) is 40.0 Å². The number of carboxylic acids is 1. The first-order valence-corrected chi connectivity index (χ1v) is 5.74. The van der Waals surface area contributed by atoms with E-state index in [9.17, 15) is 4.79 Å². The van der Waals surface area contributed by atoms with Gasteiger partial charge in [-0.25, -0.2) is 0 Å². The van der Waals surface area contributed by atoms with Crippen LogP contribution in [0.5, 0.6) is 0 Å². The van der Waals surface area contributed by atoms with Crippen molar-refractivity contribution in [3.8, 4) is 0 Å². The van der Waals surface area contributed by atoms with Crippen LogP contribution in [0.25, 0.3) is 0 Å². The zero-order valence-electron chi connectivity index (χ0n) is 9.90. The van der Waals surface area contributed by atoms with Crippen molar-refractivity contribution in [1.82, 2.24) is 0 Å². The van der Waals surface area contributed by atoms with E-state index in [2.05, 4.69) is 16.4 Å². The molecular weight excluding hydrogens is 213 g/mol. The number of hydrogen-bond donors (Lipinski definition) is 2. The van der Waals surface area contributed by atoms with Crippen molar-refractivity contribution >= 4 is 15.4 Å². The fourth-order valence-corrected chi connectivity index (χ4v) is 0.887. The maximum Gasteiger partial charge on any atom is 0.320 e. The van der Waals surface area contributed by atoms with E-state index in [-0.39, 0.29) is 5.92 Å². The first-order chi connectivity index (χ1) is 6.97. The Morgan fingerprint density at radius 2 is 2.00 bits per heavy atom. The summed E-state index contributed by atoms with van der Waals surface area (Å²) in [6.07, 6.45) is 3.75. The van der Waals surface area contributed by atoms with Crippen LogP contribution in [0.3, 0.4) is 0 Å². The molecular formula is C10H24NO3P. The first kappa shape index (κ1) is 17.2. The highest BCUT2D eigenvalue weighted by atomic mass is 31.0. The van der Waals surface area contributed by atoms with Gasteiger partial charge in [-0.2, -0.15) is 0 Å². The van der Waals surface area contributed by atoms with Gasteiger partial charge in [-0.3, -0.25) is 4.79 Å². The lowest BCUT2D eigenvalue weighted by Gasteiger charge is -2.07. The minimum absolute atomic E-state index is 0.0208. The van der Waals surface area contributed by atoms with Crippen LogP contribution in [0.4, 0.5) is 0 Å². The molecule has 0 aromatic rings. The molecule has 0 saturated heterocycles. The van der Waals surface area contributed by atoms with Crippen LogP contribution in [-0.4, -0.2) is 23.7 Å². The van der Waals surface area contributed by atoms with Gasteiger partial charge in [0.15, 0.2) is 0 Å². The lowest BCUT2D eigenvalue weighted by Crippen LogP contribution is -2.34. The van der Waals surface area contributed by atoms with Gasteiger partial charge in [-0.05, 0) is 12.3 Å². The minimum Gasteiger partial charge on any atom is -0.480 e. The van der Waals surface area contributed by atoms with Gasteiger partial charge in [-0.1, -0.05) is 33.6 Å². The second-order valence-electron chi connectivity index (χ2n) is 3.69. The maximum atomic E-state index is 10.0. The number of rotatable bonds is 6. The van der Waals surface area contributed by atoms with Crippen molar-refractivity contribution in [2.45, 2.75) is 46.1 Å². The van der Waals surface area contributed by atoms with Crippen LogP contribution in [-0.2, 0) is 9.32 Å². The zero-order chi connectivity index (χ0) is 12.3. The van der Waals surface area contributed by atoms with E-state index in [1.807, 2.05) is 0 Å². The molecule has 4 nitrogen and oxygen atoms in total. The summed E-state index contributed by atoms with van der Waals surface area (Å²) in [4.78, 5) is 10.0. The molecule has 0 fully saturated rings. The highest BCUT2D eigenvalue weighted by Gasteiger charge is 2.14. The van der Waals surface area contributed by atoms with Gasteiger partial charge in [-0.15, -0.1) is 0 Å². The van der Waals surface area contributed by atoms with Crippen molar-refractivity contribution in [3.63, 3.8) is 0 Å². The fourth-order valence-electron chi connectivity index (χ4n) is 0.721. The average Bonchev–Trinajstić information content (AvgIpc) is 2.18. The topological polar surface area (TPSA) is 72.6 Å². The predicted molar refractivity (Wildman–Crippen MR) is 65.6 cm³/mol. The van der Waals surface area contributed by atoms with E-state index >= 15 is 0 Å². The number of carboxylic acid groups (broad SMARTS) is 1. The standard InChI is InChI=1S/C5H11NO2.C5H13OP/c1-3(2)4(6)5(7)8;1-2-3-4-5-6-7/h3-4H,6H2,1-2H3,(H,7,8);2-5,7H2,1H3/t4-;/m0./s1. The Hall–Kier alpha value is -0.180. The average molecular weight is 237 g/mol.